The summed E-state index contributed by atoms with van der Waals surface area (Å²) >= 11 is 0. The number of aromatic amines is 1. The molecule has 3 aromatic carbocycles. The molecule has 0 spiro atoms. The van der Waals surface area contributed by atoms with Gasteiger partial charge in [-0.3, -0.25) is 0 Å². The van der Waals surface area contributed by atoms with E-state index >= 15 is 0 Å². The highest BCUT2D eigenvalue weighted by molar-refractivity contribution is 5.70. The second-order valence-electron chi connectivity index (χ2n) is 9.74. The average Bonchev–Trinajstić information content (AvgIpc) is 3.44. The van der Waals surface area contributed by atoms with Crippen LogP contribution in [-0.2, 0) is 11.8 Å². The van der Waals surface area contributed by atoms with Gasteiger partial charge in [-0.05, 0) is 64.6 Å². The normalized spacial score (nSPS) is 19.5. The van der Waals surface area contributed by atoms with Gasteiger partial charge in [0.2, 0.25) is 0 Å². The van der Waals surface area contributed by atoms with Crippen LogP contribution in [-0.4, -0.2) is 38.4 Å². The Morgan fingerprint density at radius 3 is 2.29 bits per heavy atom. The highest BCUT2D eigenvalue weighted by Crippen LogP contribution is 2.52. The third-order valence-corrected chi connectivity index (χ3v) is 7.47. The lowest BCUT2D eigenvalue weighted by Gasteiger charge is -2.28. The lowest BCUT2D eigenvalue weighted by atomic mass is 9.93. The summed E-state index contributed by atoms with van der Waals surface area (Å²) in [5, 5.41) is 35.5. The topological polar surface area (TPSA) is 129 Å². The molecule has 1 saturated carbocycles. The molecule has 10 heteroatoms. The zero-order valence-electron chi connectivity index (χ0n) is 20.9. The summed E-state index contributed by atoms with van der Waals surface area (Å²) in [6, 6.07) is 26.7. The molecule has 0 saturated heterocycles. The molecule has 1 aliphatic carbocycles. The summed E-state index contributed by atoms with van der Waals surface area (Å²) in [5.74, 6) is 1.26. The molecule has 1 atom stereocenters. The number of carboxylic acid groups (broad SMARTS) is 1. The third kappa shape index (κ3) is 4.14. The molecule has 2 heterocycles. The summed E-state index contributed by atoms with van der Waals surface area (Å²) in [4.78, 5) is 11.7. The first-order valence-corrected chi connectivity index (χ1v) is 12.5. The molecule has 0 radical (unpaired) electrons. The van der Waals surface area contributed by atoms with E-state index in [2.05, 4.69) is 72.7 Å². The number of tetrazole rings is 1. The van der Waals surface area contributed by atoms with Gasteiger partial charge in [0, 0.05) is 23.8 Å². The van der Waals surface area contributed by atoms with E-state index in [1.807, 2.05) is 42.5 Å². The van der Waals surface area contributed by atoms with Crippen molar-refractivity contribution < 1.29 is 9.90 Å². The van der Waals surface area contributed by atoms with Crippen LogP contribution in [0.3, 0.4) is 0 Å². The van der Waals surface area contributed by atoms with E-state index in [1.165, 1.54) is 5.56 Å². The molecule has 3 N–H and O–H groups in total. The monoisotopic (exact) mass is 507 g/mol. The van der Waals surface area contributed by atoms with E-state index in [0.29, 0.717) is 24.5 Å². The second kappa shape index (κ2) is 9.31. The van der Waals surface area contributed by atoms with Crippen LogP contribution in [0.5, 0.6) is 0 Å². The predicted molar refractivity (Wildman–Crippen MR) is 142 cm³/mol. The van der Waals surface area contributed by atoms with Gasteiger partial charge >= 0.3 is 6.09 Å². The first kappa shape index (κ1) is 23.7. The van der Waals surface area contributed by atoms with Gasteiger partial charge in [0.25, 0.3) is 5.82 Å². The van der Waals surface area contributed by atoms with E-state index in [9.17, 15) is 9.90 Å². The van der Waals surface area contributed by atoms with Crippen molar-refractivity contribution >= 4 is 11.8 Å². The van der Waals surface area contributed by atoms with E-state index in [4.69, 9.17) is 0 Å². The lowest BCUT2D eigenvalue weighted by molar-refractivity contribution is 0.192. The minimum Gasteiger partial charge on any atom is -0.465 e. The van der Waals surface area contributed by atoms with Crippen molar-refractivity contribution in [1.29, 1.82) is 0 Å². The van der Waals surface area contributed by atoms with Crippen LogP contribution in [0.15, 0.2) is 101 Å². The van der Waals surface area contributed by atoms with Crippen LogP contribution in [0, 0.1) is 0 Å². The molecule has 190 valence electrons. The fourth-order valence-corrected chi connectivity index (χ4v) is 5.22. The Labute approximate surface area is 219 Å². The number of nitrogens with zero attached hydrogens (tertiary/aromatic N) is 6. The Kier molecular flexibility index (Phi) is 5.80. The van der Waals surface area contributed by atoms with Gasteiger partial charge in [0.05, 0.1) is 5.41 Å². The summed E-state index contributed by atoms with van der Waals surface area (Å²) in [7, 11) is 0. The van der Waals surface area contributed by atoms with Gasteiger partial charge in [-0.1, -0.05) is 64.3 Å². The van der Waals surface area contributed by atoms with Crippen LogP contribution in [0.4, 0.5) is 10.5 Å². The van der Waals surface area contributed by atoms with Crippen LogP contribution in [0.1, 0.15) is 36.7 Å². The Bertz CT molecular complexity index is 1510. The minimum absolute atomic E-state index is 0.0417. The standard InChI is InChI=1S/C28H26N8O2/c1-19-25(29-27(37)38)36(35-30-19,18-15-20-5-3-2-4-6-20)24-13-9-22(10-14-24)21-7-11-23(12-8-21)28(16-17-28)26-31-33-34-32-26/h2-14H,15-18H2,1H3,(H2-,29,31,32,33,34,35,37,38)/p+1/t36-/m1/s1. The molecule has 10 nitrogen and oxygen atoms in total. The van der Waals surface area contributed by atoms with E-state index in [1.54, 1.807) is 6.92 Å². The van der Waals surface area contributed by atoms with Gasteiger partial charge in [-0.15, -0.1) is 5.10 Å². The van der Waals surface area contributed by atoms with E-state index < -0.39 is 6.09 Å². The number of hydrogen-bond acceptors (Lipinski definition) is 6. The largest absolute Gasteiger partial charge is 0.465 e. The highest BCUT2D eigenvalue weighted by Gasteiger charge is 2.49. The van der Waals surface area contributed by atoms with E-state index in [-0.39, 0.29) is 10.0 Å². The number of aromatic nitrogens is 4. The van der Waals surface area contributed by atoms with Crippen LogP contribution >= 0.6 is 0 Å². The molecule has 4 aromatic rings. The minimum atomic E-state index is -1.14. The van der Waals surface area contributed by atoms with Crippen LogP contribution in [0.2, 0.25) is 0 Å². The molecule has 0 unspecified atom stereocenters. The van der Waals surface area contributed by atoms with Crippen molar-refractivity contribution in [3.05, 3.63) is 107 Å². The SMILES string of the molecule is CC1=C(NC(=O)O)[N@@+](CCc2ccccc2)(c2ccc(-c3ccc(C4(c5nnn[nH]5)CC4)cc3)cc2)N=N1. The van der Waals surface area contributed by atoms with Crippen LogP contribution < -0.4 is 9.91 Å². The predicted octanol–water partition coefficient (Wildman–Crippen LogP) is 5.33. The molecule has 1 aliphatic heterocycles. The fourth-order valence-electron chi connectivity index (χ4n) is 5.22. The Hall–Kier alpha value is -4.70. The number of carbonyl (C=O) groups is 1. The molecule has 1 amide bonds. The summed E-state index contributed by atoms with van der Waals surface area (Å²) in [6.07, 6.45) is 1.61. The van der Waals surface area contributed by atoms with Crippen molar-refractivity contribution in [3.8, 4) is 11.1 Å². The smallest absolute Gasteiger partial charge is 0.413 e. The maximum atomic E-state index is 11.7. The van der Waals surface area contributed by atoms with Crippen molar-refractivity contribution in [2.45, 2.75) is 31.6 Å². The fraction of sp³-hybridized carbons (Fsp3) is 0.214. The average molecular weight is 508 g/mol. The summed E-state index contributed by atoms with van der Waals surface area (Å²) < 4.78 is -0.0417. The summed E-state index contributed by atoms with van der Waals surface area (Å²) in [6.45, 7) is 2.29. The number of allylic oxidation sites excluding steroid dienone is 1. The molecule has 1 aromatic heterocycles. The number of benzene rings is 3. The van der Waals surface area contributed by atoms with E-state index in [0.717, 1.165) is 41.0 Å². The number of H-pyrrole nitrogens is 1. The lowest BCUT2D eigenvalue weighted by Crippen LogP contribution is -2.49. The Balaban J connectivity index is 1.29. The van der Waals surface area contributed by atoms with Gasteiger partial charge in [0.1, 0.15) is 12.2 Å². The molecular formula is C28H27N8O2+. The van der Waals surface area contributed by atoms with Gasteiger partial charge < -0.3 is 5.11 Å². The Morgan fingerprint density at radius 1 is 1.00 bits per heavy atom. The maximum Gasteiger partial charge on any atom is 0.413 e. The number of amides is 1. The molecule has 0 bridgehead atoms. The molecular weight excluding hydrogens is 480 g/mol. The third-order valence-electron chi connectivity index (χ3n) is 7.47. The summed E-state index contributed by atoms with van der Waals surface area (Å²) in [5.41, 5.74) is 5.75. The van der Waals surface area contributed by atoms with Gasteiger partial charge in [0.15, 0.2) is 11.5 Å². The van der Waals surface area contributed by atoms with Crippen LogP contribution in [0.25, 0.3) is 11.1 Å². The maximum absolute atomic E-state index is 11.7. The molecule has 38 heavy (non-hydrogen) atoms. The van der Waals surface area contributed by atoms with Gasteiger partial charge in [-0.25, -0.2) is 15.2 Å². The second-order valence-corrected chi connectivity index (χ2v) is 9.74. The number of hydrogen-bond donors (Lipinski definition) is 3. The molecule has 2 aliphatic rings. The molecule has 6 rings (SSSR count). The Morgan fingerprint density at radius 2 is 1.68 bits per heavy atom. The number of quaternary nitrogens is 1. The van der Waals surface area contributed by atoms with Crippen molar-refractivity contribution in [1.82, 2.24) is 30.5 Å². The highest BCUT2D eigenvalue weighted by atomic mass is 16.4. The number of nitrogens with one attached hydrogen (secondary N) is 2. The van der Waals surface area contributed by atoms with Crippen molar-refractivity contribution in [3.63, 3.8) is 0 Å². The first-order chi connectivity index (χ1) is 18.5. The zero-order valence-corrected chi connectivity index (χ0v) is 20.9. The van der Waals surface area contributed by atoms with Crippen molar-refractivity contribution in [2.75, 3.05) is 6.54 Å². The quantitative estimate of drug-likeness (QED) is 0.278. The first-order valence-electron chi connectivity index (χ1n) is 12.5. The van der Waals surface area contributed by atoms with Gasteiger partial charge in [-0.2, -0.15) is 0 Å². The molecule has 1 fully saturated rings. The number of rotatable bonds is 8. The zero-order chi connectivity index (χ0) is 26.2. The van der Waals surface area contributed by atoms with Crippen molar-refractivity contribution in [2.24, 2.45) is 10.3 Å².